The van der Waals surface area contributed by atoms with Crippen LogP contribution in [0.4, 0.5) is 8.78 Å². The molecular weight excluding hydrogens is 370 g/mol. The summed E-state index contributed by atoms with van der Waals surface area (Å²) in [6.45, 7) is 0. The standard InChI is InChI=1S/C21H14F2O3S/c22-18-10-9-16(20(23)13-18)8-5-15-6-11-19(12-7-15)27(25,26)21-4-2-1-3-17(21)14-24/h1-14H. The molecule has 0 saturated carbocycles. The van der Waals surface area contributed by atoms with E-state index in [1.165, 1.54) is 36.4 Å². The van der Waals surface area contributed by atoms with Crippen molar-refractivity contribution in [1.29, 1.82) is 0 Å². The molecule has 0 fully saturated rings. The third-order valence-corrected chi connectivity index (χ3v) is 5.79. The highest BCUT2D eigenvalue weighted by Gasteiger charge is 2.20. The molecular formula is C21H14F2O3S. The zero-order valence-corrected chi connectivity index (χ0v) is 14.8. The first kappa shape index (κ1) is 18.7. The molecule has 0 spiro atoms. The van der Waals surface area contributed by atoms with Crippen LogP contribution in [0.1, 0.15) is 21.5 Å². The monoisotopic (exact) mass is 384 g/mol. The lowest BCUT2D eigenvalue weighted by Crippen LogP contribution is -2.05. The number of rotatable bonds is 5. The highest BCUT2D eigenvalue weighted by atomic mass is 32.2. The highest BCUT2D eigenvalue weighted by Crippen LogP contribution is 2.24. The van der Waals surface area contributed by atoms with E-state index in [4.69, 9.17) is 0 Å². The Hall–Kier alpha value is -3.12. The lowest BCUT2D eigenvalue weighted by Gasteiger charge is -2.07. The molecule has 0 amide bonds. The maximum Gasteiger partial charge on any atom is 0.207 e. The Kier molecular flexibility index (Phi) is 5.28. The van der Waals surface area contributed by atoms with Crippen molar-refractivity contribution in [2.24, 2.45) is 0 Å². The van der Waals surface area contributed by atoms with E-state index in [1.807, 2.05) is 0 Å². The number of halogens is 2. The second-order valence-corrected chi connectivity index (χ2v) is 7.65. The van der Waals surface area contributed by atoms with Gasteiger partial charge in [0.15, 0.2) is 6.29 Å². The van der Waals surface area contributed by atoms with Crippen LogP contribution < -0.4 is 0 Å². The fourth-order valence-corrected chi connectivity index (χ4v) is 3.96. The smallest absolute Gasteiger partial charge is 0.207 e. The van der Waals surface area contributed by atoms with Crippen molar-refractivity contribution in [3.8, 4) is 0 Å². The van der Waals surface area contributed by atoms with Crippen LogP contribution in [0.15, 0.2) is 76.5 Å². The molecule has 3 aromatic carbocycles. The first-order valence-electron chi connectivity index (χ1n) is 7.94. The van der Waals surface area contributed by atoms with Crippen molar-refractivity contribution < 1.29 is 22.0 Å². The third kappa shape index (κ3) is 4.01. The molecule has 0 saturated heterocycles. The summed E-state index contributed by atoms with van der Waals surface area (Å²) in [4.78, 5) is 11.1. The average Bonchev–Trinajstić information content (AvgIpc) is 2.67. The Morgan fingerprint density at radius 2 is 1.48 bits per heavy atom. The molecule has 27 heavy (non-hydrogen) atoms. The minimum Gasteiger partial charge on any atom is -0.298 e. The first-order chi connectivity index (χ1) is 12.9. The van der Waals surface area contributed by atoms with Gasteiger partial charge in [-0.05, 0) is 35.9 Å². The van der Waals surface area contributed by atoms with E-state index in [0.717, 1.165) is 12.1 Å². The van der Waals surface area contributed by atoms with Gasteiger partial charge in [-0.3, -0.25) is 4.79 Å². The minimum atomic E-state index is -3.83. The van der Waals surface area contributed by atoms with Gasteiger partial charge in [0.2, 0.25) is 9.84 Å². The third-order valence-electron chi connectivity index (χ3n) is 3.94. The molecule has 3 rings (SSSR count). The second-order valence-electron chi connectivity index (χ2n) is 5.73. The maximum absolute atomic E-state index is 13.6. The Balaban J connectivity index is 1.89. The van der Waals surface area contributed by atoms with Gasteiger partial charge in [-0.25, -0.2) is 17.2 Å². The van der Waals surface area contributed by atoms with Crippen LogP contribution in [0, 0.1) is 11.6 Å². The van der Waals surface area contributed by atoms with Gasteiger partial charge in [0, 0.05) is 17.2 Å². The SMILES string of the molecule is O=Cc1ccccc1S(=O)(=O)c1ccc(C=Cc2ccc(F)cc2F)cc1. The molecule has 0 radical (unpaired) electrons. The fourth-order valence-electron chi connectivity index (χ4n) is 2.53. The lowest BCUT2D eigenvalue weighted by molar-refractivity contribution is 0.112. The zero-order chi connectivity index (χ0) is 19.4. The summed E-state index contributed by atoms with van der Waals surface area (Å²) >= 11 is 0. The van der Waals surface area contributed by atoms with E-state index >= 15 is 0 Å². The Morgan fingerprint density at radius 1 is 0.778 bits per heavy atom. The Morgan fingerprint density at radius 3 is 2.15 bits per heavy atom. The topological polar surface area (TPSA) is 51.2 Å². The van der Waals surface area contributed by atoms with E-state index < -0.39 is 21.5 Å². The fraction of sp³-hybridized carbons (Fsp3) is 0. The second kappa shape index (κ2) is 7.63. The van der Waals surface area contributed by atoms with E-state index in [1.54, 1.807) is 30.3 Å². The van der Waals surface area contributed by atoms with Gasteiger partial charge >= 0.3 is 0 Å². The van der Waals surface area contributed by atoms with Crippen molar-refractivity contribution in [2.75, 3.05) is 0 Å². The molecule has 3 nitrogen and oxygen atoms in total. The van der Waals surface area contributed by atoms with Crippen molar-refractivity contribution in [1.82, 2.24) is 0 Å². The van der Waals surface area contributed by atoms with E-state index in [9.17, 15) is 22.0 Å². The Labute approximate surface area is 155 Å². The molecule has 0 aliphatic rings. The van der Waals surface area contributed by atoms with Crippen LogP contribution in [0.5, 0.6) is 0 Å². The van der Waals surface area contributed by atoms with Crippen molar-refractivity contribution in [3.05, 3.63) is 95.1 Å². The molecule has 0 heterocycles. The molecule has 0 N–H and O–H groups in total. The number of hydrogen-bond acceptors (Lipinski definition) is 3. The lowest BCUT2D eigenvalue weighted by atomic mass is 10.1. The van der Waals surface area contributed by atoms with Crippen LogP contribution in [0.25, 0.3) is 12.2 Å². The predicted molar refractivity (Wildman–Crippen MR) is 99.0 cm³/mol. The molecule has 136 valence electrons. The van der Waals surface area contributed by atoms with Crippen LogP contribution in [-0.4, -0.2) is 14.7 Å². The summed E-state index contributed by atoms with van der Waals surface area (Å²) in [5.74, 6) is -1.34. The molecule has 6 heteroatoms. The van der Waals surface area contributed by atoms with Crippen LogP contribution in [-0.2, 0) is 9.84 Å². The number of hydrogen-bond donors (Lipinski definition) is 0. The predicted octanol–water partition coefficient (Wildman–Crippen LogP) is 4.78. The quantitative estimate of drug-likeness (QED) is 0.470. The number of carbonyl (C=O) groups is 1. The normalized spacial score (nSPS) is 11.6. The molecule has 0 aliphatic carbocycles. The summed E-state index contributed by atoms with van der Waals surface area (Å²) in [5.41, 5.74) is 0.947. The Bertz CT molecular complexity index is 1120. The van der Waals surface area contributed by atoms with Gasteiger partial charge in [0.05, 0.1) is 9.79 Å². The van der Waals surface area contributed by atoms with Gasteiger partial charge in [0.25, 0.3) is 0 Å². The maximum atomic E-state index is 13.6. The molecule has 0 unspecified atom stereocenters. The highest BCUT2D eigenvalue weighted by molar-refractivity contribution is 7.91. The molecule has 0 bridgehead atoms. The summed E-state index contributed by atoms with van der Waals surface area (Å²) < 4.78 is 52.0. The number of sulfone groups is 1. The minimum absolute atomic E-state index is 0.0434. The molecule has 0 aromatic heterocycles. The van der Waals surface area contributed by atoms with Gasteiger partial charge < -0.3 is 0 Å². The van der Waals surface area contributed by atoms with Gasteiger partial charge in [0.1, 0.15) is 11.6 Å². The van der Waals surface area contributed by atoms with E-state index in [0.29, 0.717) is 11.8 Å². The first-order valence-corrected chi connectivity index (χ1v) is 9.42. The number of benzene rings is 3. The van der Waals surface area contributed by atoms with Crippen LogP contribution in [0.2, 0.25) is 0 Å². The molecule has 0 atom stereocenters. The van der Waals surface area contributed by atoms with Crippen LogP contribution in [0.3, 0.4) is 0 Å². The average molecular weight is 384 g/mol. The van der Waals surface area contributed by atoms with Gasteiger partial charge in [-0.1, -0.05) is 42.5 Å². The largest absolute Gasteiger partial charge is 0.298 e. The van der Waals surface area contributed by atoms with E-state index in [-0.39, 0.29) is 20.9 Å². The summed E-state index contributed by atoms with van der Waals surface area (Å²) in [7, 11) is -3.83. The van der Waals surface area contributed by atoms with Crippen LogP contribution >= 0.6 is 0 Å². The molecule has 0 aliphatic heterocycles. The number of carbonyl (C=O) groups excluding carboxylic acids is 1. The number of aldehydes is 1. The van der Waals surface area contributed by atoms with E-state index in [2.05, 4.69) is 0 Å². The van der Waals surface area contributed by atoms with Gasteiger partial charge in [-0.2, -0.15) is 0 Å². The van der Waals surface area contributed by atoms with Crippen molar-refractivity contribution in [3.63, 3.8) is 0 Å². The van der Waals surface area contributed by atoms with Gasteiger partial charge in [-0.15, -0.1) is 0 Å². The van der Waals surface area contributed by atoms with Crippen molar-refractivity contribution >= 4 is 28.3 Å². The summed E-state index contributed by atoms with van der Waals surface area (Å²) in [6.07, 6.45) is 3.56. The van der Waals surface area contributed by atoms with Crippen molar-refractivity contribution in [2.45, 2.75) is 9.79 Å². The molecule has 3 aromatic rings. The summed E-state index contributed by atoms with van der Waals surface area (Å²) in [6, 6.07) is 15.2. The summed E-state index contributed by atoms with van der Waals surface area (Å²) in [5, 5.41) is 0. The zero-order valence-electron chi connectivity index (χ0n) is 14.0.